The van der Waals surface area contributed by atoms with Gasteiger partial charge in [0.15, 0.2) is 0 Å². The molecule has 0 heterocycles. The lowest BCUT2D eigenvalue weighted by Gasteiger charge is -2.21. The summed E-state index contributed by atoms with van der Waals surface area (Å²) >= 11 is 0. The van der Waals surface area contributed by atoms with Crippen LogP contribution in [-0.2, 0) is 69.3 Å². The molecule has 0 radical (unpaired) electrons. The van der Waals surface area contributed by atoms with Gasteiger partial charge in [0.1, 0.15) is 44.6 Å². The van der Waals surface area contributed by atoms with Gasteiger partial charge >= 0.3 is 24.0 Å². The molecule has 13 nitrogen and oxygen atoms in total. The second kappa shape index (κ2) is 33.1. The molecule has 0 bridgehead atoms. The van der Waals surface area contributed by atoms with E-state index in [-0.39, 0.29) is 70.9 Å². The molecule has 13 heteroatoms. The molecule has 3 atom stereocenters. The first-order chi connectivity index (χ1) is 33.2. The fourth-order valence-corrected chi connectivity index (χ4v) is 7.43. The van der Waals surface area contributed by atoms with Crippen molar-refractivity contribution < 1.29 is 47.7 Å². The summed E-state index contributed by atoms with van der Waals surface area (Å²) in [4.78, 5) is 80.2. The second-order valence-corrected chi connectivity index (χ2v) is 17.0. The molecule has 4 rings (SSSR count). The number of unbranched alkanes of at least 4 members (excludes halogenated alkanes) is 10. The quantitative estimate of drug-likeness (QED) is 0.0237. The number of carbonyl (C=O) groups is 6. The molecule has 4 aromatic rings. The summed E-state index contributed by atoms with van der Waals surface area (Å²) < 4.78 is 22.2. The van der Waals surface area contributed by atoms with Gasteiger partial charge in [0.05, 0.1) is 0 Å². The molecule has 366 valence electrons. The van der Waals surface area contributed by atoms with Crippen molar-refractivity contribution in [2.24, 2.45) is 0 Å². The number of amides is 3. The van der Waals surface area contributed by atoms with E-state index in [1.807, 2.05) is 97.1 Å². The van der Waals surface area contributed by atoms with Gasteiger partial charge in [0.25, 0.3) is 0 Å². The van der Waals surface area contributed by atoms with Crippen molar-refractivity contribution in [1.29, 1.82) is 0 Å². The molecular weight excluding hydrogens is 863 g/mol. The summed E-state index contributed by atoms with van der Waals surface area (Å²) in [6.45, 7) is 2.12. The molecule has 0 aliphatic rings. The van der Waals surface area contributed by atoms with E-state index < -0.39 is 48.0 Å². The minimum Gasteiger partial charge on any atom is -0.459 e. The largest absolute Gasteiger partial charge is 0.459 e. The van der Waals surface area contributed by atoms with E-state index in [0.29, 0.717) is 6.42 Å². The van der Waals surface area contributed by atoms with Crippen molar-refractivity contribution in [1.82, 2.24) is 16.0 Å². The highest BCUT2D eigenvalue weighted by Crippen LogP contribution is 2.15. The first-order valence-electron chi connectivity index (χ1n) is 24.4. The maximum atomic E-state index is 13.6. The van der Waals surface area contributed by atoms with E-state index in [4.69, 9.17) is 18.9 Å². The number of alkyl carbamates (subject to hydrolysis) is 1. The van der Waals surface area contributed by atoms with Crippen molar-refractivity contribution in [3.63, 3.8) is 0 Å². The van der Waals surface area contributed by atoms with E-state index >= 15 is 0 Å². The third-order valence-electron chi connectivity index (χ3n) is 11.4. The average molecular weight is 934 g/mol. The minimum atomic E-state index is -1.16. The maximum absolute atomic E-state index is 13.6. The monoisotopic (exact) mass is 934 g/mol. The molecule has 0 unspecified atom stereocenters. The lowest BCUT2D eigenvalue weighted by atomic mass is 10.0. The fourth-order valence-electron chi connectivity index (χ4n) is 7.43. The summed E-state index contributed by atoms with van der Waals surface area (Å²) in [6, 6.07) is 33.0. The van der Waals surface area contributed by atoms with Crippen LogP contribution >= 0.6 is 0 Å². The molecule has 0 aliphatic heterocycles. The molecule has 0 saturated heterocycles. The van der Waals surface area contributed by atoms with Crippen LogP contribution in [0.2, 0.25) is 0 Å². The Labute approximate surface area is 402 Å². The van der Waals surface area contributed by atoms with Crippen LogP contribution in [0.4, 0.5) is 4.79 Å². The molecule has 3 amide bonds. The van der Waals surface area contributed by atoms with Crippen molar-refractivity contribution in [3.05, 3.63) is 144 Å². The first kappa shape index (κ1) is 54.1. The van der Waals surface area contributed by atoms with Crippen LogP contribution < -0.4 is 16.0 Å². The van der Waals surface area contributed by atoms with Crippen molar-refractivity contribution in [2.75, 3.05) is 0 Å². The number of benzene rings is 4. The Kier molecular flexibility index (Phi) is 26.3. The molecule has 0 fully saturated rings. The van der Waals surface area contributed by atoms with E-state index in [0.717, 1.165) is 41.5 Å². The fraction of sp³-hybridized carbons (Fsp3) is 0.455. The lowest BCUT2D eigenvalue weighted by Crippen LogP contribution is -2.45. The van der Waals surface area contributed by atoms with Gasteiger partial charge in [0, 0.05) is 12.8 Å². The molecule has 0 spiro atoms. The van der Waals surface area contributed by atoms with Crippen molar-refractivity contribution >= 4 is 35.8 Å². The summed E-state index contributed by atoms with van der Waals surface area (Å²) in [6.07, 6.45) is 11.9. The SMILES string of the molecule is CCCCCCCCCCCCCC(=O)N[C@H](CCC(=O)N[C@@H](CCC[C@@H](NC(=O)OCc1ccccc1)C(=O)OCc1ccccc1)C(=O)OCc1ccccc1)C(=O)OCc1ccccc1. The van der Waals surface area contributed by atoms with Crippen molar-refractivity contribution in [2.45, 2.75) is 161 Å². The summed E-state index contributed by atoms with van der Waals surface area (Å²) in [5.74, 6) is -2.95. The maximum Gasteiger partial charge on any atom is 0.408 e. The van der Waals surface area contributed by atoms with Gasteiger partial charge in [-0.25, -0.2) is 19.2 Å². The van der Waals surface area contributed by atoms with Crippen LogP contribution in [0.5, 0.6) is 0 Å². The van der Waals surface area contributed by atoms with E-state index in [1.54, 1.807) is 24.3 Å². The standard InChI is InChI=1S/C55H71N3O10/c1-2-3-4-5-6-7-8-9-10-11-24-36-50(59)57-49(54(63)67-41-45-30-20-14-21-31-45)37-38-51(60)56-47(52(61)65-39-43-26-16-12-17-27-43)34-25-35-48(53(62)66-40-44-28-18-13-19-29-44)58-55(64)68-42-46-32-22-15-23-33-46/h12-23,26-33,47-49H,2-11,24-25,34-42H2,1H3,(H,56,60)(H,57,59)(H,58,64)/t47-,48+,49+/m0/s1. The Hall–Kier alpha value is -6.50. The zero-order valence-electron chi connectivity index (χ0n) is 39.7. The van der Waals surface area contributed by atoms with E-state index in [9.17, 15) is 28.8 Å². The number of esters is 3. The number of rotatable bonds is 33. The van der Waals surface area contributed by atoms with Gasteiger partial charge in [-0.1, -0.05) is 192 Å². The van der Waals surface area contributed by atoms with Crippen LogP contribution in [0.1, 0.15) is 138 Å². The highest BCUT2D eigenvalue weighted by Gasteiger charge is 2.28. The molecule has 68 heavy (non-hydrogen) atoms. The van der Waals surface area contributed by atoms with Crippen LogP contribution in [0.3, 0.4) is 0 Å². The van der Waals surface area contributed by atoms with Gasteiger partial charge < -0.3 is 34.9 Å². The number of ether oxygens (including phenoxy) is 4. The lowest BCUT2D eigenvalue weighted by molar-refractivity contribution is -0.150. The number of carbonyl (C=O) groups excluding carboxylic acids is 6. The smallest absolute Gasteiger partial charge is 0.408 e. The van der Waals surface area contributed by atoms with Gasteiger partial charge in [-0.05, 0) is 54.4 Å². The molecular formula is C55H71N3O10. The normalized spacial score (nSPS) is 12.1. The van der Waals surface area contributed by atoms with E-state index in [1.165, 1.54) is 44.9 Å². The van der Waals surface area contributed by atoms with E-state index in [2.05, 4.69) is 22.9 Å². The highest BCUT2D eigenvalue weighted by atomic mass is 16.6. The zero-order valence-corrected chi connectivity index (χ0v) is 39.7. The van der Waals surface area contributed by atoms with Gasteiger partial charge in [-0.2, -0.15) is 0 Å². The Morgan fingerprint density at radius 1 is 0.368 bits per heavy atom. The zero-order chi connectivity index (χ0) is 48.4. The third kappa shape index (κ3) is 23.3. The Morgan fingerprint density at radius 3 is 1.09 bits per heavy atom. The molecule has 0 aliphatic carbocycles. The minimum absolute atomic E-state index is 0.00737. The first-order valence-corrected chi connectivity index (χ1v) is 24.4. The molecule has 0 aromatic heterocycles. The Bertz CT molecular complexity index is 2050. The number of hydrogen-bond donors (Lipinski definition) is 3. The third-order valence-corrected chi connectivity index (χ3v) is 11.4. The predicted molar refractivity (Wildman–Crippen MR) is 260 cm³/mol. The Morgan fingerprint density at radius 2 is 0.691 bits per heavy atom. The van der Waals surface area contributed by atoms with Gasteiger partial charge in [-0.15, -0.1) is 0 Å². The summed E-state index contributed by atoms with van der Waals surface area (Å²) in [5, 5.41) is 8.16. The van der Waals surface area contributed by atoms with Gasteiger partial charge in [0.2, 0.25) is 11.8 Å². The topological polar surface area (TPSA) is 175 Å². The summed E-state index contributed by atoms with van der Waals surface area (Å²) in [7, 11) is 0. The van der Waals surface area contributed by atoms with Crippen LogP contribution in [0.15, 0.2) is 121 Å². The highest BCUT2D eigenvalue weighted by molar-refractivity contribution is 5.87. The van der Waals surface area contributed by atoms with Crippen LogP contribution in [0, 0.1) is 0 Å². The van der Waals surface area contributed by atoms with Crippen LogP contribution in [-0.4, -0.2) is 53.9 Å². The number of nitrogens with one attached hydrogen (secondary N) is 3. The number of hydrogen-bond acceptors (Lipinski definition) is 10. The molecule has 4 aromatic carbocycles. The molecule has 3 N–H and O–H groups in total. The average Bonchev–Trinajstić information content (AvgIpc) is 3.37. The van der Waals surface area contributed by atoms with Crippen LogP contribution in [0.25, 0.3) is 0 Å². The Balaban J connectivity index is 1.37. The molecule has 0 saturated carbocycles. The predicted octanol–water partition coefficient (Wildman–Crippen LogP) is 10.1. The summed E-state index contributed by atoms with van der Waals surface area (Å²) in [5.41, 5.74) is 3.03. The second-order valence-electron chi connectivity index (χ2n) is 17.0. The van der Waals surface area contributed by atoms with Gasteiger partial charge in [-0.3, -0.25) is 9.59 Å². The van der Waals surface area contributed by atoms with Crippen molar-refractivity contribution in [3.8, 4) is 0 Å².